The van der Waals surface area contributed by atoms with Crippen molar-refractivity contribution in [2.45, 2.75) is 13.5 Å². The van der Waals surface area contributed by atoms with Crippen LogP contribution in [-0.2, 0) is 6.54 Å². The average Bonchev–Trinajstić information content (AvgIpc) is 3.49. The summed E-state index contributed by atoms with van der Waals surface area (Å²) in [6, 6.07) is 17.4. The van der Waals surface area contributed by atoms with E-state index in [0.29, 0.717) is 41.6 Å². The van der Waals surface area contributed by atoms with E-state index >= 15 is 0 Å². The number of fused-ring (bicyclic) bond motifs is 1. The molecule has 0 saturated heterocycles. The predicted molar refractivity (Wildman–Crippen MR) is 122 cm³/mol. The SMILES string of the molecule is CCOc1nc2cccc(C(=O)O)c2n1Cc1ccc(-c2ccc(F)cc2-c2nn[nH]n2)cc1. The van der Waals surface area contributed by atoms with Gasteiger partial charge in [0, 0.05) is 5.56 Å². The third-order valence-electron chi connectivity index (χ3n) is 5.41. The summed E-state index contributed by atoms with van der Waals surface area (Å²) in [5.74, 6) is -1.13. The second-order valence-corrected chi connectivity index (χ2v) is 7.51. The minimum atomic E-state index is -1.03. The summed E-state index contributed by atoms with van der Waals surface area (Å²) in [5, 5.41) is 23.6. The largest absolute Gasteiger partial charge is 0.478 e. The number of para-hydroxylation sites is 1. The zero-order valence-electron chi connectivity index (χ0n) is 18.1. The van der Waals surface area contributed by atoms with Gasteiger partial charge in [0.25, 0.3) is 6.01 Å². The lowest BCUT2D eigenvalue weighted by molar-refractivity contribution is 0.0698. The Labute approximate surface area is 192 Å². The van der Waals surface area contributed by atoms with Crippen LogP contribution in [0.15, 0.2) is 60.7 Å². The molecule has 10 heteroatoms. The number of hydrogen-bond donors (Lipinski definition) is 2. The molecule has 0 fully saturated rings. The number of carboxylic acid groups (broad SMARTS) is 1. The maximum Gasteiger partial charge on any atom is 0.337 e. The van der Waals surface area contributed by atoms with Crippen LogP contribution in [0.5, 0.6) is 6.01 Å². The van der Waals surface area contributed by atoms with Gasteiger partial charge in [0.2, 0.25) is 5.82 Å². The Morgan fingerprint density at radius 3 is 2.65 bits per heavy atom. The topological polar surface area (TPSA) is 119 Å². The molecule has 0 unspecified atom stereocenters. The van der Waals surface area contributed by atoms with E-state index in [1.54, 1.807) is 28.8 Å². The highest BCUT2D eigenvalue weighted by molar-refractivity contribution is 6.01. The molecule has 0 amide bonds. The molecule has 2 heterocycles. The molecular weight excluding hydrogens is 439 g/mol. The van der Waals surface area contributed by atoms with Gasteiger partial charge in [0.05, 0.1) is 29.7 Å². The molecule has 2 aromatic heterocycles. The number of halogens is 1. The first-order valence-electron chi connectivity index (χ1n) is 10.5. The number of aromatic carboxylic acids is 1. The van der Waals surface area contributed by atoms with Gasteiger partial charge in [-0.1, -0.05) is 36.4 Å². The monoisotopic (exact) mass is 458 g/mol. The smallest absolute Gasteiger partial charge is 0.337 e. The van der Waals surface area contributed by atoms with Crippen LogP contribution in [-0.4, -0.2) is 47.9 Å². The maximum atomic E-state index is 13.9. The number of H-pyrrole nitrogens is 1. The molecule has 0 bridgehead atoms. The second-order valence-electron chi connectivity index (χ2n) is 7.51. The number of nitrogens with one attached hydrogen (secondary N) is 1. The lowest BCUT2D eigenvalue weighted by atomic mass is 9.98. The fourth-order valence-electron chi connectivity index (χ4n) is 3.92. The van der Waals surface area contributed by atoms with Crippen molar-refractivity contribution in [2.24, 2.45) is 0 Å². The molecule has 5 aromatic rings. The highest BCUT2D eigenvalue weighted by Crippen LogP contribution is 2.31. The Hall–Kier alpha value is -4.60. The Morgan fingerprint density at radius 2 is 1.94 bits per heavy atom. The highest BCUT2D eigenvalue weighted by atomic mass is 19.1. The zero-order chi connectivity index (χ0) is 23.7. The molecule has 0 spiro atoms. The maximum absolute atomic E-state index is 13.9. The van der Waals surface area contributed by atoms with Crippen molar-refractivity contribution in [3.63, 3.8) is 0 Å². The minimum absolute atomic E-state index is 0.156. The molecule has 2 N–H and O–H groups in total. The fourth-order valence-corrected chi connectivity index (χ4v) is 3.92. The van der Waals surface area contributed by atoms with Crippen LogP contribution in [0.3, 0.4) is 0 Å². The fraction of sp³-hybridized carbons (Fsp3) is 0.125. The molecule has 0 aliphatic heterocycles. The number of benzene rings is 3. The van der Waals surface area contributed by atoms with Crippen molar-refractivity contribution < 1.29 is 19.0 Å². The number of rotatable bonds is 7. The molecular formula is C24H19FN6O3. The lowest BCUT2D eigenvalue weighted by Crippen LogP contribution is -2.08. The Balaban J connectivity index is 1.53. The Kier molecular flexibility index (Phi) is 5.46. The first-order valence-corrected chi connectivity index (χ1v) is 10.5. The highest BCUT2D eigenvalue weighted by Gasteiger charge is 2.19. The first-order chi connectivity index (χ1) is 16.5. The van der Waals surface area contributed by atoms with E-state index in [-0.39, 0.29) is 5.56 Å². The van der Waals surface area contributed by atoms with Crippen LogP contribution < -0.4 is 4.74 Å². The van der Waals surface area contributed by atoms with Gasteiger partial charge in [-0.05, 0) is 53.1 Å². The number of nitrogens with zero attached hydrogens (tertiary/aromatic N) is 5. The van der Waals surface area contributed by atoms with Crippen molar-refractivity contribution >= 4 is 17.0 Å². The number of aromatic nitrogens is 6. The summed E-state index contributed by atoms with van der Waals surface area (Å²) in [6.45, 7) is 2.60. The van der Waals surface area contributed by atoms with Crippen LogP contribution >= 0.6 is 0 Å². The molecule has 34 heavy (non-hydrogen) atoms. The van der Waals surface area contributed by atoms with Crippen molar-refractivity contribution in [2.75, 3.05) is 6.61 Å². The van der Waals surface area contributed by atoms with Gasteiger partial charge in [-0.2, -0.15) is 10.2 Å². The Bertz CT molecular complexity index is 1480. The lowest BCUT2D eigenvalue weighted by Gasteiger charge is -2.12. The molecule has 3 aromatic carbocycles. The van der Waals surface area contributed by atoms with Crippen LogP contribution in [0.2, 0.25) is 0 Å². The van der Waals surface area contributed by atoms with Crippen LogP contribution in [0.1, 0.15) is 22.8 Å². The van der Waals surface area contributed by atoms with Crippen molar-refractivity contribution in [1.29, 1.82) is 0 Å². The first kappa shape index (κ1) is 21.3. The van der Waals surface area contributed by atoms with E-state index in [4.69, 9.17) is 4.74 Å². The number of aromatic amines is 1. The molecule has 0 radical (unpaired) electrons. The van der Waals surface area contributed by atoms with Crippen molar-refractivity contribution in [3.8, 4) is 28.5 Å². The number of carboxylic acids is 1. The van der Waals surface area contributed by atoms with E-state index in [0.717, 1.165) is 16.7 Å². The van der Waals surface area contributed by atoms with Crippen LogP contribution in [0.25, 0.3) is 33.5 Å². The number of imidazole rings is 1. The molecule has 5 rings (SSSR count). The standard InChI is InChI=1S/C24H19FN6O3/c1-2-34-24-26-20-5-3-4-18(23(32)33)21(20)31(24)13-14-6-8-15(9-7-14)17-11-10-16(25)12-19(17)22-27-29-30-28-22/h3-12H,2,13H2,1H3,(H,32,33)(H,27,28,29,30). The van der Waals surface area contributed by atoms with Crippen molar-refractivity contribution in [3.05, 3.63) is 77.6 Å². The van der Waals surface area contributed by atoms with Gasteiger partial charge in [0.15, 0.2) is 0 Å². The molecule has 0 aliphatic rings. The predicted octanol–water partition coefficient (Wildman–Crippen LogP) is 4.17. The molecule has 0 saturated carbocycles. The van der Waals surface area contributed by atoms with Crippen molar-refractivity contribution in [1.82, 2.24) is 30.2 Å². The van der Waals surface area contributed by atoms with Gasteiger partial charge >= 0.3 is 5.97 Å². The van der Waals surface area contributed by atoms with Gasteiger partial charge in [-0.3, -0.25) is 4.57 Å². The summed E-state index contributed by atoms with van der Waals surface area (Å²) in [7, 11) is 0. The summed E-state index contributed by atoms with van der Waals surface area (Å²) in [4.78, 5) is 16.3. The quantitative estimate of drug-likeness (QED) is 0.376. The molecule has 9 nitrogen and oxygen atoms in total. The van der Waals surface area contributed by atoms with E-state index < -0.39 is 11.8 Å². The normalized spacial score (nSPS) is 11.1. The molecule has 0 aliphatic carbocycles. The number of ether oxygens (including phenoxy) is 1. The number of carbonyl (C=O) groups is 1. The third kappa shape index (κ3) is 3.85. The van der Waals surface area contributed by atoms with Gasteiger partial charge in [-0.25, -0.2) is 9.18 Å². The summed E-state index contributed by atoms with van der Waals surface area (Å²) in [6.07, 6.45) is 0. The average molecular weight is 458 g/mol. The van der Waals surface area contributed by atoms with E-state index in [1.807, 2.05) is 31.2 Å². The van der Waals surface area contributed by atoms with E-state index in [9.17, 15) is 14.3 Å². The molecule has 170 valence electrons. The molecule has 0 atom stereocenters. The third-order valence-corrected chi connectivity index (χ3v) is 5.41. The van der Waals surface area contributed by atoms with Gasteiger partial charge < -0.3 is 9.84 Å². The van der Waals surface area contributed by atoms with Crippen LogP contribution in [0.4, 0.5) is 4.39 Å². The summed E-state index contributed by atoms with van der Waals surface area (Å²) >= 11 is 0. The zero-order valence-corrected chi connectivity index (χ0v) is 18.1. The summed E-state index contributed by atoms with van der Waals surface area (Å²) in [5.41, 5.74) is 4.24. The van der Waals surface area contributed by atoms with Crippen LogP contribution in [0, 0.1) is 5.82 Å². The van der Waals surface area contributed by atoms with Gasteiger partial charge in [-0.15, -0.1) is 10.2 Å². The minimum Gasteiger partial charge on any atom is -0.478 e. The summed E-state index contributed by atoms with van der Waals surface area (Å²) < 4.78 is 21.4. The van der Waals surface area contributed by atoms with Gasteiger partial charge in [0.1, 0.15) is 5.82 Å². The van der Waals surface area contributed by atoms with E-state index in [1.165, 1.54) is 12.1 Å². The van der Waals surface area contributed by atoms with E-state index in [2.05, 4.69) is 25.6 Å². The number of hydrogen-bond acceptors (Lipinski definition) is 6. The Morgan fingerprint density at radius 1 is 1.12 bits per heavy atom. The number of tetrazole rings is 1. The second kappa shape index (κ2) is 8.74.